The highest BCUT2D eigenvalue weighted by atomic mass is 79.9. The average Bonchev–Trinajstić information content (AvgIpc) is 3.21. The van der Waals surface area contributed by atoms with Gasteiger partial charge in [0.1, 0.15) is 12.4 Å². The van der Waals surface area contributed by atoms with E-state index in [2.05, 4.69) is 21.2 Å². The Kier molecular flexibility index (Phi) is 9.62. The van der Waals surface area contributed by atoms with E-state index < -0.39 is 6.03 Å². The second-order valence-corrected chi connectivity index (χ2v) is 9.67. The number of anilines is 1. The molecule has 0 fully saturated rings. The van der Waals surface area contributed by atoms with Crippen LogP contribution >= 0.6 is 27.3 Å². The van der Waals surface area contributed by atoms with Crippen LogP contribution < -0.4 is 5.32 Å². The van der Waals surface area contributed by atoms with Gasteiger partial charge in [-0.05, 0) is 59.8 Å². The smallest absolute Gasteiger partial charge is 0.322 e. The fourth-order valence-electron chi connectivity index (χ4n) is 3.27. The van der Waals surface area contributed by atoms with E-state index in [9.17, 15) is 14.0 Å². The minimum absolute atomic E-state index is 0.116. The predicted molar refractivity (Wildman–Crippen MR) is 136 cm³/mol. The summed E-state index contributed by atoms with van der Waals surface area (Å²) in [5, 5.41) is 4.83. The molecule has 180 valence electrons. The largest absolute Gasteiger partial charge is 0.383 e. The summed E-state index contributed by atoms with van der Waals surface area (Å²) < 4.78 is 19.4. The minimum atomic E-state index is -0.391. The first-order valence-corrected chi connectivity index (χ1v) is 12.4. The van der Waals surface area contributed by atoms with E-state index in [1.165, 1.54) is 17.0 Å². The van der Waals surface area contributed by atoms with Crippen molar-refractivity contribution in [1.29, 1.82) is 0 Å². The second-order valence-electron chi connectivity index (χ2n) is 7.76. The van der Waals surface area contributed by atoms with Gasteiger partial charge >= 0.3 is 6.03 Å². The van der Waals surface area contributed by atoms with Gasteiger partial charge in [-0.3, -0.25) is 4.79 Å². The molecule has 1 heterocycles. The average molecular weight is 548 g/mol. The number of halogens is 2. The molecule has 1 aromatic heterocycles. The molecule has 6 nitrogen and oxygen atoms in total. The molecule has 0 aliphatic rings. The van der Waals surface area contributed by atoms with Crippen LogP contribution in [0.15, 0.2) is 64.5 Å². The number of amides is 3. The number of rotatable bonds is 10. The standard InChI is InChI=1S/C25H27BrFN3O3S/c1-18-10-13-34-23(18)16-30(15-19-6-8-21(27)9-7-19)24(31)17-29(11-12-33-2)25(32)28-22-5-3-4-20(26)14-22/h3-10,13-14H,11-12,15-17H2,1-2H3,(H,28,32). The van der Waals surface area contributed by atoms with Crippen molar-refractivity contribution >= 4 is 44.9 Å². The molecule has 0 bridgehead atoms. The first kappa shape index (κ1) is 25.9. The van der Waals surface area contributed by atoms with Gasteiger partial charge in [-0.25, -0.2) is 9.18 Å². The van der Waals surface area contributed by atoms with Gasteiger partial charge in [-0.2, -0.15) is 0 Å². The Morgan fingerprint density at radius 3 is 2.50 bits per heavy atom. The van der Waals surface area contributed by atoms with Crippen LogP contribution in [0.2, 0.25) is 0 Å². The number of nitrogens with zero attached hydrogens (tertiary/aromatic N) is 2. The van der Waals surface area contributed by atoms with Crippen molar-refractivity contribution in [2.24, 2.45) is 0 Å². The summed E-state index contributed by atoms with van der Waals surface area (Å²) >= 11 is 4.97. The number of urea groups is 1. The molecule has 34 heavy (non-hydrogen) atoms. The highest BCUT2D eigenvalue weighted by molar-refractivity contribution is 9.10. The van der Waals surface area contributed by atoms with Gasteiger partial charge < -0.3 is 19.9 Å². The highest BCUT2D eigenvalue weighted by Gasteiger charge is 2.23. The number of hydrogen-bond acceptors (Lipinski definition) is 4. The monoisotopic (exact) mass is 547 g/mol. The highest BCUT2D eigenvalue weighted by Crippen LogP contribution is 2.20. The molecular weight excluding hydrogens is 521 g/mol. The molecule has 0 saturated heterocycles. The molecular formula is C25H27BrFN3O3S. The van der Waals surface area contributed by atoms with E-state index >= 15 is 0 Å². The molecule has 9 heteroatoms. The SMILES string of the molecule is COCCN(CC(=O)N(Cc1ccc(F)cc1)Cc1sccc1C)C(=O)Nc1cccc(Br)c1. The number of thiophene rings is 1. The van der Waals surface area contributed by atoms with Gasteiger partial charge in [-0.15, -0.1) is 11.3 Å². The maximum absolute atomic E-state index is 13.4. The van der Waals surface area contributed by atoms with Gasteiger partial charge in [0, 0.05) is 35.2 Å². The summed E-state index contributed by atoms with van der Waals surface area (Å²) in [5.41, 5.74) is 2.53. The fourth-order valence-corrected chi connectivity index (χ4v) is 4.59. The number of aryl methyl sites for hydroxylation is 1. The number of benzene rings is 2. The Labute approximate surface area is 211 Å². The molecule has 3 aromatic rings. The number of carbonyl (C=O) groups excluding carboxylic acids is 2. The van der Waals surface area contributed by atoms with Crippen LogP contribution in [-0.2, 0) is 22.6 Å². The topological polar surface area (TPSA) is 61.9 Å². The molecule has 1 N–H and O–H groups in total. The van der Waals surface area contributed by atoms with Gasteiger partial charge in [0.05, 0.1) is 13.2 Å². The normalized spacial score (nSPS) is 10.7. The van der Waals surface area contributed by atoms with Crippen molar-refractivity contribution < 1.29 is 18.7 Å². The van der Waals surface area contributed by atoms with Crippen molar-refractivity contribution in [3.63, 3.8) is 0 Å². The van der Waals surface area contributed by atoms with Gasteiger partial charge in [-0.1, -0.05) is 34.1 Å². The number of carbonyl (C=O) groups is 2. The molecule has 3 amide bonds. The van der Waals surface area contributed by atoms with Crippen LogP contribution in [0.1, 0.15) is 16.0 Å². The summed E-state index contributed by atoms with van der Waals surface area (Å²) in [7, 11) is 1.55. The lowest BCUT2D eigenvalue weighted by molar-refractivity contribution is -0.133. The first-order valence-electron chi connectivity index (χ1n) is 10.7. The van der Waals surface area contributed by atoms with Crippen LogP contribution in [0.4, 0.5) is 14.9 Å². The third kappa shape index (κ3) is 7.65. The van der Waals surface area contributed by atoms with E-state index in [1.807, 2.05) is 30.5 Å². The molecule has 0 radical (unpaired) electrons. The van der Waals surface area contributed by atoms with Crippen molar-refractivity contribution in [3.05, 3.63) is 86.3 Å². The summed E-state index contributed by atoms with van der Waals surface area (Å²) in [6.07, 6.45) is 0. The molecule has 2 aromatic carbocycles. The lowest BCUT2D eigenvalue weighted by Gasteiger charge is -2.28. The molecule has 0 atom stereocenters. The molecule has 0 saturated carbocycles. The third-order valence-electron chi connectivity index (χ3n) is 5.20. The predicted octanol–water partition coefficient (Wildman–Crippen LogP) is 5.67. The Morgan fingerprint density at radius 2 is 1.85 bits per heavy atom. The van der Waals surface area contributed by atoms with Crippen LogP contribution in [0, 0.1) is 12.7 Å². The van der Waals surface area contributed by atoms with Crippen molar-refractivity contribution in [3.8, 4) is 0 Å². The molecule has 0 unspecified atom stereocenters. The second kappa shape index (κ2) is 12.6. The van der Waals surface area contributed by atoms with Crippen LogP contribution in [0.25, 0.3) is 0 Å². The van der Waals surface area contributed by atoms with E-state index in [1.54, 1.807) is 47.6 Å². The lowest BCUT2D eigenvalue weighted by atomic mass is 10.2. The van der Waals surface area contributed by atoms with Gasteiger partial charge in [0.15, 0.2) is 0 Å². The maximum Gasteiger partial charge on any atom is 0.322 e. The number of methoxy groups -OCH3 is 1. The van der Waals surface area contributed by atoms with Crippen molar-refractivity contribution in [2.75, 3.05) is 32.1 Å². The van der Waals surface area contributed by atoms with Crippen molar-refractivity contribution in [1.82, 2.24) is 9.80 Å². The Hall–Kier alpha value is -2.75. The molecule has 0 aliphatic heterocycles. The van der Waals surface area contributed by atoms with E-state index in [-0.39, 0.29) is 24.8 Å². The van der Waals surface area contributed by atoms with Gasteiger partial charge in [0.25, 0.3) is 0 Å². The Balaban J connectivity index is 1.77. The summed E-state index contributed by atoms with van der Waals surface area (Å²) in [6.45, 7) is 3.15. The summed E-state index contributed by atoms with van der Waals surface area (Å²) in [6, 6.07) is 15.0. The fraction of sp³-hybridized carbons (Fsp3) is 0.280. The number of nitrogens with one attached hydrogen (secondary N) is 1. The van der Waals surface area contributed by atoms with Crippen LogP contribution in [-0.4, -0.2) is 48.5 Å². The van der Waals surface area contributed by atoms with Gasteiger partial charge in [0.2, 0.25) is 5.91 Å². The Morgan fingerprint density at radius 1 is 1.09 bits per heavy atom. The van der Waals surface area contributed by atoms with Crippen LogP contribution in [0.3, 0.4) is 0 Å². The number of ether oxygens (including phenoxy) is 1. The summed E-state index contributed by atoms with van der Waals surface area (Å²) in [5.74, 6) is -0.539. The zero-order valence-electron chi connectivity index (χ0n) is 19.1. The number of hydrogen-bond donors (Lipinski definition) is 1. The minimum Gasteiger partial charge on any atom is -0.383 e. The zero-order chi connectivity index (χ0) is 24.5. The quantitative estimate of drug-likeness (QED) is 0.355. The maximum atomic E-state index is 13.4. The zero-order valence-corrected chi connectivity index (χ0v) is 21.5. The lowest BCUT2D eigenvalue weighted by Crippen LogP contribution is -2.45. The molecule has 3 rings (SSSR count). The van der Waals surface area contributed by atoms with E-state index in [0.717, 1.165) is 20.5 Å². The van der Waals surface area contributed by atoms with Crippen molar-refractivity contribution in [2.45, 2.75) is 20.0 Å². The Bertz CT molecular complexity index is 1110. The van der Waals surface area contributed by atoms with E-state index in [4.69, 9.17) is 4.74 Å². The molecule has 0 spiro atoms. The summed E-state index contributed by atoms with van der Waals surface area (Å²) in [4.78, 5) is 30.6. The van der Waals surface area contributed by atoms with E-state index in [0.29, 0.717) is 25.4 Å². The third-order valence-corrected chi connectivity index (χ3v) is 6.70. The first-order chi connectivity index (χ1) is 16.4. The van der Waals surface area contributed by atoms with Crippen LogP contribution in [0.5, 0.6) is 0 Å². The molecule has 0 aliphatic carbocycles.